The lowest BCUT2D eigenvalue weighted by molar-refractivity contribution is 0.584. The molecule has 18 heavy (non-hydrogen) atoms. The van der Waals surface area contributed by atoms with Gasteiger partial charge in [0, 0.05) is 11.1 Å². The van der Waals surface area contributed by atoms with E-state index in [1.54, 1.807) is 0 Å². The van der Waals surface area contributed by atoms with Crippen molar-refractivity contribution in [3.05, 3.63) is 60.3 Å². The minimum absolute atomic E-state index is 0.200. The Morgan fingerprint density at radius 1 is 1.11 bits per heavy atom. The number of hydrogen-bond acceptors (Lipinski definition) is 2. The molecule has 0 amide bonds. The van der Waals surface area contributed by atoms with E-state index in [1.165, 1.54) is 5.56 Å². The molecule has 1 atom stereocenters. The highest BCUT2D eigenvalue weighted by Crippen LogP contribution is 2.24. The molecule has 1 heterocycles. The third kappa shape index (κ3) is 1.74. The summed E-state index contributed by atoms with van der Waals surface area (Å²) in [5, 5.41) is 5.59. The molecule has 0 aliphatic carbocycles. The predicted molar refractivity (Wildman–Crippen MR) is 74.4 cm³/mol. The van der Waals surface area contributed by atoms with E-state index in [-0.39, 0.29) is 6.04 Å². The summed E-state index contributed by atoms with van der Waals surface area (Å²) in [7, 11) is 0. The molecule has 0 fully saturated rings. The average Bonchev–Trinajstić information content (AvgIpc) is 2.82. The lowest BCUT2D eigenvalue weighted by Crippen LogP contribution is -2.08. The molecular weight excluding hydrogens is 222 g/mol. The lowest BCUT2D eigenvalue weighted by atomic mass is 10.1. The van der Waals surface area contributed by atoms with Gasteiger partial charge >= 0.3 is 0 Å². The molecule has 3 heteroatoms. The fourth-order valence-corrected chi connectivity index (χ4v) is 2.24. The smallest absolute Gasteiger partial charge is 0.0747 e. The maximum absolute atomic E-state index is 5.85. The number of rotatable bonds is 2. The summed E-state index contributed by atoms with van der Waals surface area (Å²) >= 11 is 0. The van der Waals surface area contributed by atoms with Crippen LogP contribution in [0.2, 0.25) is 0 Å². The van der Waals surface area contributed by atoms with Gasteiger partial charge in [-0.3, -0.25) is 4.68 Å². The Bertz CT molecular complexity index is 671. The van der Waals surface area contributed by atoms with Crippen LogP contribution in [0.1, 0.15) is 18.5 Å². The third-order valence-electron chi connectivity index (χ3n) is 3.27. The summed E-state index contributed by atoms with van der Waals surface area (Å²) in [5.74, 6) is 0. The van der Waals surface area contributed by atoms with Gasteiger partial charge in [0.1, 0.15) is 0 Å². The standard InChI is InChI=1S/C15H15N3/c1-11(12-5-3-2-4-6-12)18-15-9-14(16)8-7-13(15)10-17-18/h2-11H,16H2,1H3. The van der Waals surface area contributed by atoms with E-state index >= 15 is 0 Å². The molecular formula is C15H15N3. The van der Waals surface area contributed by atoms with Crippen LogP contribution in [-0.2, 0) is 0 Å². The molecule has 3 rings (SSSR count). The first-order valence-electron chi connectivity index (χ1n) is 6.03. The summed E-state index contributed by atoms with van der Waals surface area (Å²) in [6.45, 7) is 2.14. The van der Waals surface area contributed by atoms with Gasteiger partial charge in [0.2, 0.25) is 0 Å². The minimum Gasteiger partial charge on any atom is -0.399 e. The fourth-order valence-electron chi connectivity index (χ4n) is 2.24. The molecule has 0 saturated carbocycles. The predicted octanol–water partition coefficient (Wildman–Crippen LogP) is 3.23. The molecule has 0 radical (unpaired) electrons. The van der Waals surface area contributed by atoms with E-state index < -0.39 is 0 Å². The highest BCUT2D eigenvalue weighted by Gasteiger charge is 2.11. The number of hydrogen-bond donors (Lipinski definition) is 1. The van der Waals surface area contributed by atoms with Gasteiger partial charge < -0.3 is 5.73 Å². The van der Waals surface area contributed by atoms with Crippen molar-refractivity contribution in [2.24, 2.45) is 0 Å². The second kappa shape index (κ2) is 4.18. The van der Waals surface area contributed by atoms with Gasteiger partial charge in [0.25, 0.3) is 0 Å². The Kier molecular flexibility index (Phi) is 2.52. The van der Waals surface area contributed by atoms with Crippen molar-refractivity contribution >= 4 is 16.6 Å². The van der Waals surface area contributed by atoms with Crippen molar-refractivity contribution < 1.29 is 0 Å². The SMILES string of the molecule is CC(c1ccccc1)n1ncc2ccc(N)cc21. The number of fused-ring (bicyclic) bond motifs is 1. The molecule has 0 aliphatic heterocycles. The Morgan fingerprint density at radius 2 is 1.89 bits per heavy atom. The summed E-state index contributed by atoms with van der Waals surface area (Å²) in [6, 6.07) is 16.4. The summed E-state index contributed by atoms with van der Waals surface area (Å²) < 4.78 is 2.01. The molecule has 1 aromatic heterocycles. The monoisotopic (exact) mass is 237 g/mol. The van der Waals surface area contributed by atoms with Crippen LogP contribution in [0.4, 0.5) is 5.69 Å². The molecule has 3 nitrogen and oxygen atoms in total. The van der Waals surface area contributed by atoms with Gasteiger partial charge in [-0.05, 0) is 30.7 Å². The number of nitrogens with two attached hydrogens (primary N) is 1. The van der Waals surface area contributed by atoms with Crippen LogP contribution in [0, 0.1) is 0 Å². The van der Waals surface area contributed by atoms with E-state index in [0.29, 0.717) is 0 Å². The zero-order valence-corrected chi connectivity index (χ0v) is 10.2. The van der Waals surface area contributed by atoms with Crippen LogP contribution in [-0.4, -0.2) is 9.78 Å². The van der Waals surface area contributed by atoms with Crippen molar-refractivity contribution in [2.45, 2.75) is 13.0 Å². The first-order valence-corrected chi connectivity index (χ1v) is 6.03. The van der Waals surface area contributed by atoms with Crippen LogP contribution in [0.15, 0.2) is 54.7 Å². The number of anilines is 1. The van der Waals surface area contributed by atoms with Crippen molar-refractivity contribution in [2.75, 3.05) is 5.73 Å². The summed E-state index contributed by atoms with van der Waals surface area (Å²) in [6.07, 6.45) is 1.88. The third-order valence-corrected chi connectivity index (χ3v) is 3.27. The molecule has 2 N–H and O–H groups in total. The van der Waals surface area contributed by atoms with Crippen molar-refractivity contribution in [1.82, 2.24) is 9.78 Å². The number of nitrogens with zero attached hydrogens (tertiary/aromatic N) is 2. The Hall–Kier alpha value is -2.29. The molecule has 0 aliphatic rings. The Balaban J connectivity index is 2.12. The van der Waals surface area contributed by atoms with Gasteiger partial charge in [0.05, 0.1) is 17.8 Å². The van der Waals surface area contributed by atoms with E-state index in [1.807, 2.05) is 47.3 Å². The Labute approximate surface area is 106 Å². The highest BCUT2D eigenvalue weighted by atomic mass is 15.3. The molecule has 0 bridgehead atoms. The largest absolute Gasteiger partial charge is 0.399 e. The normalized spacial score (nSPS) is 12.7. The van der Waals surface area contributed by atoms with E-state index in [2.05, 4.69) is 24.2 Å². The van der Waals surface area contributed by atoms with E-state index in [4.69, 9.17) is 5.73 Å². The second-order valence-corrected chi connectivity index (χ2v) is 4.49. The zero-order valence-electron chi connectivity index (χ0n) is 10.2. The van der Waals surface area contributed by atoms with Crippen LogP contribution in [0.3, 0.4) is 0 Å². The molecule has 0 saturated heterocycles. The topological polar surface area (TPSA) is 43.8 Å². The van der Waals surface area contributed by atoms with Gasteiger partial charge in [-0.2, -0.15) is 5.10 Å². The second-order valence-electron chi connectivity index (χ2n) is 4.49. The summed E-state index contributed by atoms with van der Waals surface area (Å²) in [5.41, 5.74) is 8.93. The van der Waals surface area contributed by atoms with Crippen LogP contribution in [0.5, 0.6) is 0 Å². The van der Waals surface area contributed by atoms with Crippen molar-refractivity contribution in [3.63, 3.8) is 0 Å². The molecule has 0 spiro atoms. The molecule has 3 aromatic rings. The molecule has 2 aromatic carbocycles. The van der Waals surface area contributed by atoms with Crippen LogP contribution in [0.25, 0.3) is 10.9 Å². The number of benzene rings is 2. The Morgan fingerprint density at radius 3 is 2.67 bits per heavy atom. The maximum Gasteiger partial charge on any atom is 0.0747 e. The van der Waals surface area contributed by atoms with Gasteiger partial charge in [-0.25, -0.2) is 0 Å². The van der Waals surface area contributed by atoms with Crippen molar-refractivity contribution in [3.8, 4) is 0 Å². The minimum atomic E-state index is 0.200. The van der Waals surface area contributed by atoms with Gasteiger partial charge in [-0.1, -0.05) is 30.3 Å². The average molecular weight is 237 g/mol. The van der Waals surface area contributed by atoms with Crippen molar-refractivity contribution in [1.29, 1.82) is 0 Å². The maximum atomic E-state index is 5.85. The number of aromatic nitrogens is 2. The summed E-state index contributed by atoms with van der Waals surface area (Å²) in [4.78, 5) is 0. The number of nitrogen functional groups attached to an aromatic ring is 1. The molecule has 90 valence electrons. The van der Waals surface area contributed by atoms with Crippen LogP contribution < -0.4 is 5.73 Å². The van der Waals surface area contributed by atoms with E-state index in [9.17, 15) is 0 Å². The highest BCUT2D eigenvalue weighted by molar-refractivity contribution is 5.82. The zero-order chi connectivity index (χ0) is 12.5. The van der Waals surface area contributed by atoms with Gasteiger partial charge in [-0.15, -0.1) is 0 Å². The van der Waals surface area contributed by atoms with Crippen LogP contribution >= 0.6 is 0 Å². The lowest BCUT2D eigenvalue weighted by Gasteiger charge is -2.14. The first kappa shape index (κ1) is 10.8. The van der Waals surface area contributed by atoms with E-state index in [0.717, 1.165) is 16.6 Å². The fraction of sp³-hybridized carbons (Fsp3) is 0.133. The quantitative estimate of drug-likeness (QED) is 0.695. The van der Waals surface area contributed by atoms with Gasteiger partial charge in [0.15, 0.2) is 0 Å². The molecule has 1 unspecified atom stereocenters. The first-order chi connectivity index (χ1) is 8.75.